The van der Waals surface area contributed by atoms with Gasteiger partial charge in [-0.1, -0.05) is 30.3 Å². The molecule has 0 bridgehead atoms. The average molecular weight is 472 g/mol. The molecule has 2 aromatic carbocycles. The van der Waals surface area contributed by atoms with Crippen LogP contribution in [0.2, 0.25) is 0 Å². The highest BCUT2D eigenvalue weighted by Crippen LogP contribution is 2.26. The molecule has 1 heterocycles. The Morgan fingerprint density at radius 3 is 2.41 bits per heavy atom. The molecule has 2 unspecified atom stereocenters. The summed E-state index contributed by atoms with van der Waals surface area (Å²) in [7, 11) is -3.99. The van der Waals surface area contributed by atoms with Crippen molar-refractivity contribution in [3.05, 3.63) is 60.2 Å². The summed E-state index contributed by atoms with van der Waals surface area (Å²) in [6, 6.07) is 13.3. The SMILES string of the molecule is CC1CN(C(=O)CCNS(=O)(=O)c2ccc(OC(F)(F)F)cc2)CC(c2ccccc2)O1. The van der Waals surface area contributed by atoms with Crippen LogP contribution in [0.25, 0.3) is 0 Å². The van der Waals surface area contributed by atoms with Crippen LogP contribution in [0.5, 0.6) is 5.75 Å². The number of carbonyl (C=O) groups is 1. The Hall–Kier alpha value is -2.63. The number of amides is 1. The zero-order valence-corrected chi connectivity index (χ0v) is 18.0. The minimum absolute atomic E-state index is 0.0667. The van der Waals surface area contributed by atoms with E-state index in [2.05, 4.69) is 9.46 Å². The number of benzene rings is 2. The van der Waals surface area contributed by atoms with Gasteiger partial charge < -0.3 is 14.4 Å². The van der Waals surface area contributed by atoms with Gasteiger partial charge in [0.15, 0.2) is 0 Å². The third-order valence-corrected chi connectivity index (χ3v) is 6.26. The molecule has 1 aliphatic heterocycles. The summed E-state index contributed by atoms with van der Waals surface area (Å²) >= 11 is 0. The molecule has 1 amide bonds. The van der Waals surface area contributed by atoms with Gasteiger partial charge in [-0.3, -0.25) is 4.79 Å². The van der Waals surface area contributed by atoms with Gasteiger partial charge in [0.25, 0.3) is 0 Å². The van der Waals surface area contributed by atoms with Crippen LogP contribution in [0.1, 0.15) is 25.0 Å². The van der Waals surface area contributed by atoms with E-state index in [-0.39, 0.29) is 36.0 Å². The zero-order valence-electron chi connectivity index (χ0n) is 17.2. The number of alkyl halides is 3. The molecule has 1 fully saturated rings. The first kappa shape index (κ1) is 24.0. The summed E-state index contributed by atoms with van der Waals surface area (Å²) in [5, 5.41) is 0. The fourth-order valence-corrected chi connectivity index (χ4v) is 4.39. The van der Waals surface area contributed by atoms with E-state index in [0.29, 0.717) is 13.1 Å². The van der Waals surface area contributed by atoms with E-state index in [1.54, 1.807) is 4.90 Å². The number of hydrogen-bond donors (Lipinski definition) is 1. The van der Waals surface area contributed by atoms with Crippen LogP contribution in [0.4, 0.5) is 13.2 Å². The fourth-order valence-electron chi connectivity index (χ4n) is 3.36. The van der Waals surface area contributed by atoms with E-state index in [9.17, 15) is 26.4 Å². The molecule has 0 radical (unpaired) electrons. The third-order valence-electron chi connectivity index (χ3n) is 4.78. The third kappa shape index (κ3) is 6.68. The van der Waals surface area contributed by atoms with Gasteiger partial charge in [0, 0.05) is 19.5 Å². The topological polar surface area (TPSA) is 84.9 Å². The molecule has 2 atom stereocenters. The maximum absolute atomic E-state index is 12.6. The molecule has 32 heavy (non-hydrogen) atoms. The number of sulfonamides is 1. The molecule has 174 valence electrons. The normalized spacial score (nSPS) is 19.6. The molecule has 0 aliphatic carbocycles. The molecule has 11 heteroatoms. The van der Waals surface area contributed by atoms with Crippen molar-refractivity contribution in [1.82, 2.24) is 9.62 Å². The smallest absolute Gasteiger partial charge is 0.406 e. The molecule has 1 saturated heterocycles. The number of halogens is 3. The standard InChI is InChI=1S/C21H23F3N2O5S/c1-15-13-26(14-19(30-15)16-5-3-2-4-6-16)20(27)11-12-25-32(28,29)18-9-7-17(8-10-18)31-21(22,23)24/h2-10,15,19,25H,11-14H2,1H3. The second kappa shape index (κ2) is 9.88. The molecule has 2 aromatic rings. The number of hydrogen-bond acceptors (Lipinski definition) is 5. The van der Waals surface area contributed by atoms with Gasteiger partial charge in [-0.2, -0.15) is 0 Å². The number of carbonyl (C=O) groups excluding carboxylic acids is 1. The fraction of sp³-hybridized carbons (Fsp3) is 0.381. The van der Waals surface area contributed by atoms with Gasteiger partial charge in [-0.05, 0) is 36.8 Å². The van der Waals surface area contributed by atoms with Crippen LogP contribution in [0.15, 0.2) is 59.5 Å². The Labute approximate surface area is 184 Å². The highest BCUT2D eigenvalue weighted by atomic mass is 32.2. The van der Waals surface area contributed by atoms with Crippen LogP contribution in [0.3, 0.4) is 0 Å². The molecular weight excluding hydrogens is 449 g/mol. The van der Waals surface area contributed by atoms with Crippen LogP contribution in [-0.2, 0) is 19.6 Å². The average Bonchev–Trinajstić information content (AvgIpc) is 2.73. The first-order valence-electron chi connectivity index (χ1n) is 9.87. The molecule has 0 aromatic heterocycles. The predicted octanol–water partition coefficient (Wildman–Crippen LogP) is 3.24. The van der Waals surface area contributed by atoms with Crippen molar-refractivity contribution in [3.63, 3.8) is 0 Å². The largest absolute Gasteiger partial charge is 0.573 e. The van der Waals surface area contributed by atoms with Crippen LogP contribution in [0, 0.1) is 0 Å². The second-order valence-electron chi connectivity index (χ2n) is 7.31. The lowest BCUT2D eigenvalue weighted by Gasteiger charge is -2.37. The lowest BCUT2D eigenvalue weighted by Crippen LogP contribution is -2.46. The monoisotopic (exact) mass is 472 g/mol. The van der Waals surface area contributed by atoms with E-state index < -0.39 is 22.1 Å². The molecule has 1 aliphatic rings. The Morgan fingerprint density at radius 1 is 1.12 bits per heavy atom. The summed E-state index contributed by atoms with van der Waals surface area (Å²) in [5.41, 5.74) is 0.954. The number of ether oxygens (including phenoxy) is 2. The first-order chi connectivity index (χ1) is 15.0. The maximum atomic E-state index is 12.6. The summed E-state index contributed by atoms with van der Waals surface area (Å²) < 4.78 is 73.3. The summed E-state index contributed by atoms with van der Waals surface area (Å²) in [6.45, 7) is 2.48. The molecule has 0 saturated carbocycles. The number of morpholine rings is 1. The van der Waals surface area contributed by atoms with Gasteiger partial charge >= 0.3 is 6.36 Å². The highest BCUT2D eigenvalue weighted by Gasteiger charge is 2.31. The first-order valence-corrected chi connectivity index (χ1v) is 11.4. The predicted molar refractivity (Wildman–Crippen MR) is 109 cm³/mol. The van der Waals surface area contributed by atoms with Crippen molar-refractivity contribution < 1.29 is 35.9 Å². The van der Waals surface area contributed by atoms with E-state index in [0.717, 1.165) is 29.8 Å². The highest BCUT2D eigenvalue weighted by molar-refractivity contribution is 7.89. The van der Waals surface area contributed by atoms with Crippen LogP contribution >= 0.6 is 0 Å². The Bertz CT molecular complexity index is 1010. The van der Waals surface area contributed by atoms with Crippen molar-refractivity contribution in [2.75, 3.05) is 19.6 Å². The molecule has 1 N–H and O–H groups in total. The van der Waals surface area contributed by atoms with E-state index in [1.807, 2.05) is 37.3 Å². The molecular formula is C21H23F3N2O5S. The van der Waals surface area contributed by atoms with E-state index in [4.69, 9.17) is 4.74 Å². The number of nitrogens with zero attached hydrogens (tertiary/aromatic N) is 1. The van der Waals surface area contributed by atoms with Crippen molar-refractivity contribution in [2.24, 2.45) is 0 Å². The summed E-state index contributed by atoms with van der Waals surface area (Å²) in [4.78, 5) is 14.0. The van der Waals surface area contributed by atoms with Crippen molar-refractivity contribution in [1.29, 1.82) is 0 Å². The minimum atomic E-state index is -4.87. The summed E-state index contributed by atoms with van der Waals surface area (Å²) in [5.74, 6) is -0.751. The van der Waals surface area contributed by atoms with Crippen LogP contribution in [-0.4, -0.2) is 51.3 Å². The van der Waals surface area contributed by atoms with Gasteiger partial charge in [0.1, 0.15) is 11.9 Å². The van der Waals surface area contributed by atoms with Crippen molar-refractivity contribution in [2.45, 2.75) is 36.8 Å². The Balaban J connectivity index is 1.54. The Kier molecular flexibility index (Phi) is 7.42. The lowest BCUT2D eigenvalue weighted by molar-refractivity contribution is -0.274. The summed E-state index contributed by atoms with van der Waals surface area (Å²) in [6.07, 6.45) is -5.37. The van der Waals surface area contributed by atoms with E-state index >= 15 is 0 Å². The lowest BCUT2D eigenvalue weighted by atomic mass is 10.1. The zero-order chi connectivity index (χ0) is 23.4. The van der Waals surface area contributed by atoms with E-state index in [1.165, 1.54) is 0 Å². The Morgan fingerprint density at radius 2 is 1.78 bits per heavy atom. The molecule has 3 rings (SSSR count). The molecule has 0 spiro atoms. The second-order valence-corrected chi connectivity index (χ2v) is 9.08. The van der Waals surface area contributed by atoms with Gasteiger partial charge in [-0.15, -0.1) is 13.2 Å². The van der Waals surface area contributed by atoms with Crippen molar-refractivity contribution >= 4 is 15.9 Å². The minimum Gasteiger partial charge on any atom is -0.406 e. The van der Waals surface area contributed by atoms with Gasteiger partial charge in [0.2, 0.25) is 15.9 Å². The maximum Gasteiger partial charge on any atom is 0.573 e. The van der Waals surface area contributed by atoms with Crippen molar-refractivity contribution in [3.8, 4) is 5.75 Å². The molecule has 7 nitrogen and oxygen atoms in total. The van der Waals surface area contributed by atoms with Gasteiger partial charge in [-0.25, -0.2) is 13.1 Å². The number of rotatable bonds is 7. The quantitative estimate of drug-likeness (QED) is 0.669. The number of nitrogens with one attached hydrogen (secondary N) is 1. The van der Waals surface area contributed by atoms with Crippen LogP contribution < -0.4 is 9.46 Å². The van der Waals surface area contributed by atoms with Gasteiger partial charge in [0.05, 0.1) is 17.5 Å².